The van der Waals surface area contributed by atoms with Crippen LogP contribution in [0.15, 0.2) is 22.7 Å². The molecule has 0 aliphatic rings. The lowest BCUT2D eigenvalue weighted by Gasteiger charge is -2.13. The van der Waals surface area contributed by atoms with Gasteiger partial charge < -0.3 is 10.1 Å². The number of hydrogen-bond donors (Lipinski definition) is 1. The molecule has 78 valence electrons. The third-order valence-corrected chi connectivity index (χ3v) is 2.66. The smallest absolute Gasteiger partial charge is 0.0715 e. The summed E-state index contributed by atoms with van der Waals surface area (Å²) in [6, 6.07) is 6.20. The topological polar surface area (TPSA) is 21.3 Å². The molecule has 0 aromatic heterocycles. The van der Waals surface area contributed by atoms with Gasteiger partial charge in [-0.15, -0.1) is 0 Å². The molecule has 1 rings (SSSR count). The van der Waals surface area contributed by atoms with E-state index in [1.165, 1.54) is 5.56 Å². The Morgan fingerprint density at radius 3 is 2.79 bits per heavy atom. The second-order valence-corrected chi connectivity index (χ2v) is 4.30. The zero-order valence-electron chi connectivity index (χ0n) is 8.80. The Labute approximate surface area is 93.8 Å². The van der Waals surface area contributed by atoms with Crippen LogP contribution in [0.5, 0.6) is 0 Å². The van der Waals surface area contributed by atoms with Crippen molar-refractivity contribution >= 4 is 21.6 Å². The Bertz CT molecular complexity index is 301. The number of halogens is 1. The van der Waals surface area contributed by atoms with Crippen LogP contribution in [0.4, 0.5) is 5.69 Å². The van der Waals surface area contributed by atoms with Crippen molar-refractivity contribution in [3.8, 4) is 0 Å². The maximum atomic E-state index is 5.16. The van der Waals surface area contributed by atoms with E-state index in [1.54, 1.807) is 7.11 Å². The fourth-order valence-corrected chi connectivity index (χ4v) is 1.64. The molecule has 1 unspecified atom stereocenters. The molecule has 0 amide bonds. The molecule has 0 aliphatic carbocycles. The zero-order chi connectivity index (χ0) is 10.6. The Hall–Kier alpha value is -0.540. The number of methoxy groups -OCH3 is 1. The normalized spacial score (nSPS) is 12.6. The summed E-state index contributed by atoms with van der Waals surface area (Å²) >= 11 is 3.44. The van der Waals surface area contributed by atoms with Crippen molar-refractivity contribution in [1.82, 2.24) is 0 Å². The fourth-order valence-electron chi connectivity index (χ4n) is 1.16. The summed E-state index contributed by atoms with van der Waals surface area (Å²) in [6.07, 6.45) is 0.234. The largest absolute Gasteiger partial charge is 0.382 e. The van der Waals surface area contributed by atoms with Crippen LogP contribution in [0.2, 0.25) is 0 Å². The van der Waals surface area contributed by atoms with Crippen LogP contribution in [0, 0.1) is 6.92 Å². The number of nitrogens with one attached hydrogen (secondary N) is 1. The molecule has 0 spiro atoms. The van der Waals surface area contributed by atoms with Crippen LogP contribution in [0.1, 0.15) is 12.5 Å². The van der Waals surface area contributed by atoms with Crippen LogP contribution < -0.4 is 5.32 Å². The van der Waals surface area contributed by atoms with Gasteiger partial charge in [-0.05, 0) is 37.6 Å². The highest BCUT2D eigenvalue weighted by atomic mass is 79.9. The molecule has 1 atom stereocenters. The minimum Gasteiger partial charge on any atom is -0.382 e. The molecule has 0 aliphatic heterocycles. The first-order chi connectivity index (χ1) is 6.63. The molecule has 0 fully saturated rings. The Balaban J connectivity index is 2.59. The van der Waals surface area contributed by atoms with E-state index in [0.29, 0.717) is 0 Å². The van der Waals surface area contributed by atoms with Gasteiger partial charge in [-0.1, -0.05) is 15.9 Å². The van der Waals surface area contributed by atoms with Crippen molar-refractivity contribution < 1.29 is 4.74 Å². The molecule has 14 heavy (non-hydrogen) atoms. The lowest BCUT2D eigenvalue weighted by molar-refractivity contribution is 0.129. The van der Waals surface area contributed by atoms with E-state index in [2.05, 4.69) is 40.3 Å². The standard InChI is InChI=1S/C11H16BrNO/c1-8-6-10(12)4-5-11(8)13-7-9(2)14-3/h4-6,9,13H,7H2,1-3H3. The lowest BCUT2D eigenvalue weighted by Crippen LogP contribution is -2.18. The van der Waals surface area contributed by atoms with Crippen LogP contribution in [-0.4, -0.2) is 19.8 Å². The second kappa shape index (κ2) is 5.37. The first-order valence-corrected chi connectivity index (χ1v) is 5.45. The third-order valence-electron chi connectivity index (χ3n) is 2.17. The highest BCUT2D eigenvalue weighted by Crippen LogP contribution is 2.19. The number of hydrogen-bond acceptors (Lipinski definition) is 2. The molecular weight excluding hydrogens is 242 g/mol. The van der Waals surface area contributed by atoms with Gasteiger partial charge in [-0.2, -0.15) is 0 Å². The molecule has 1 aromatic rings. The molecule has 2 nitrogen and oxygen atoms in total. The van der Waals surface area contributed by atoms with E-state index in [9.17, 15) is 0 Å². The molecule has 0 saturated heterocycles. The van der Waals surface area contributed by atoms with Crippen LogP contribution >= 0.6 is 15.9 Å². The van der Waals surface area contributed by atoms with Gasteiger partial charge >= 0.3 is 0 Å². The zero-order valence-corrected chi connectivity index (χ0v) is 10.4. The van der Waals surface area contributed by atoms with Crippen molar-refractivity contribution in [3.63, 3.8) is 0 Å². The average molecular weight is 258 g/mol. The quantitative estimate of drug-likeness (QED) is 0.895. The number of rotatable bonds is 4. The van der Waals surface area contributed by atoms with Gasteiger partial charge in [0.2, 0.25) is 0 Å². The number of benzene rings is 1. The van der Waals surface area contributed by atoms with Gasteiger partial charge in [0.05, 0.1) is 6.10 Å². The third kappa shape index (κ3) is 3.31. The summed E-state index contributed by atoms with van der Waals surface area (Å²) in [5.74, 6) is 0. The first kappa shape index (κ1) is 11.5. The molecule has 0 radical (unpaired) electrons. The number of ether oxygens (including phenoxy) is 1. The SMILES string of the molecule is COC(C)CNc1ccc(Br)cc1C. The first-order valence-electron chi connectivity index (χ1n) is 4.66. The maximum Gasteiger partial charge on any atom is 0.0715 e. The minimum absolute atomic E-state index is 0.234. The Morgan fingerprint density at radius 2 is 2.21 bits per heavy atom. The Kier molecular flexibility index (Phi) is 4.42. The van der Waals surface area contributed by atoms with Gasteiger partial charge in [-0.3, -0.25) is 0 Å². The van der Waals surface area contributed by atoms with Crippen molar-refractivity contribution in [2.24, 2.45) is 0 Å². The molecule has 1 aromatic carbocycles. The fraction of sp³-hybridized carbons (Fsp3) is 0.455. The van der Waals surface area contributed by atoms with E-state index >= 15 is 0 Å². The monoisotopic (exact) mass is 257 g/mol. The highest BCUT2D eigenvalue weighted by Gasteiger charge is 2.01. The van der Waals surface area contributed by atoms with E-state index in [-0.39, 0.29) is 6.10 Å². The summed E-state index contributed by atoms with van der Waals surface area (Å²) < 4.78 is 6.28. The van der Waals surface area contributed by atoms with Crippen LogP contribution in [-0.2, 0) is 4.74 Å². The summed E-state index contributed by atoms with van der Waals surface area (Å²) in [7, 11) is 1.72. The summed E-state index contributed by atoms with van der Waals surface area (Å²) in [5, 5.41) is 3.34. The van der Waals surface area contributed by atoms with E-state index in [1.807, 2.05) is 13.0 Å². The highest BCUT2D eigenvalue weighted by molar-refractivity contribution is 9.10. The average Bonchev–Trinajstić information content (AvgIpc) is 2.16. The van der Waals surface area contributed by atoms with Gasteiger partial charge in [0, 0.05) is 23.8 Å². The second-order valence-electron chi connectivity index (χ2n) is 3.39. The molecule has 0 bridgehead atoms. The van der Waals surface area contributed by atoms with Crippen LogP contribution in [0.3, 0.4) is 0 Å². The molecule has 0 saturated carbocycles. The van der Waals surface area contributed by atoms with Crippen molar-refractivity contribution in [1.29, 1.82) is 0 Å². The van der Waals surface area contributed by atoms with Crippen LogP contribution in [0.25, 0.3) is 0 Å². The van der Waals surface area contributed by atoms with Gasteiger partial charge in [0.15, 0.2) is 0 Å². The van der Waals surface area contributed by atoms with E-state index < -0.39 is 0 Å². The predicted molar refractivity (Wildman–Crippen MR) is 63.8 cm³/mol. The van der Waals surface area contributed by atoms with E-state index in [4.69, 9.17) is 4.74 Å². The predicted octanol–water partition coefficient (Wildman–Crippen LogP) is 3.20. The van der Waals surface area contributed by atoms with E-state index in [0.717, 1.165) is 16.7 Å². The summed E-state index contributed by atoms with van der Waals surface area (Å²) in [4.78, 5) is 0. The number of aryl methyl sites for hydroxylation is 1. The lowest BCUT2D eigenvalue weighted by atomic mass is 10.2. The van der Waals surface area contributed by atoms with Crippen molar-refractivity contribution in [3.05, 3.63) is 28.2 Å². The summed E-state index contributed by atoms with van der Waals surface area (Å²) in [6.45, 7) is 4.96. The summed E-state index contributed by atoms with van der Waals surface area (Å²) in [5.41, 5.74) is 2.40. The van der Waals surface area contributed by atoms with Crippen molar-refractivity contribution in [2.45, 2.75) is 20.0 Å². The van der Waals surface area contributed by atoms with Crippen molar-refractivity contribution in [2.75, 3.05) is 19.0 Å². The molecule has 0 heterocycles. The number of anilines is 1. The molecular formula is C11H16BrNO. The molecule has 3 heteroatoms. The van der Waals surface area contributed by atoms with Gasteiger partial charge in [0.25, 0.3) is 0 Å². The molecule has 1 N–H and O–H groups in total. The minimum atomic E-state index is 0.234. The van der Waals surface area contributed by atoms with Gasteiger partial charge in [-0.25, -0.2) is 0 Å². The van der Waals surface area contributed by atoms with Gasteiger partial charge in [0.1, 0.15) is 0 Å². The maximum absolute atomic E-state index is 5.16. The Morgan fingerprint density at radius 1 is 1.50 bits per heavy atom.